The number of aliphatic hydroxyl groups is 4. The molecular weight excluding hydrogens is 1820 g/mol. The first-order chi connectivity index (χ1) is 65.1. The van der Waals surface area contributed by atoms with Crippen LogP contribution in [-0.4, -0.2) is 413 Å². The van der Waals surface area contributed by atoms with Crippen molar-refractivity contribution in [2.45, 2.75) is 148 Å². The van der Waals surface area contributed by atoms with E-state index in [9.17, 15) is 86.3 Å². The van der Waals surface area contributed by atoms with Crippen LogP contribution in [0.1, 0.15) is 148 Å². The number of carbonyl (C=O) groups is 14. The second-order valence-electron chi connectivity index (χ2n) is 28.8. The molecule has 0 bridgehead atoms. The molecule has 772 valence electrons. The molecule has 1 fully saturated rings. The van der Waals surface area contributed by atoms with Crippen LogP contribution in [0.25, 0.3) is 0 Å². The van der Waals surface area contributed by atoms with E-state index in [-0.39, 0.29) is 379 Å². The number of nitrogens with zero attached hydrogens (tertiary/aromatic N) is 4. The minimum atomic E-state index is -1.09. The lowest BCUT2D eigenvalue weighted by Gasteiger charge is -2.33. The molecule has 0 atom stereocenters. The second-order valence-corrected chi connectivity index (χ2v) is 28.8. The minimum Gasteiger partial charge on any atom is -0.481 e. The number of carbonyl (C=O) groups excluding carboxylic acids is 14. The van der Waals surface area contributed by atoms with Crippen molar-refractivity contribution in [2.24, 2.45) is 36.2 Å². The minimum absolute atomic E-state index is 0.0106. The molecule has 0 aromatic heterocycles. The van der Waals surface area contributed by atoms with Crippen LogP contribution in [-0.2, 0) is 186 Å². The zero-order valence-electron chi connectivity index (χ0n) is 76.3. The number of hydrogen-bond donors (Lipinski definition) is 8. The number of aliphatic hydroxyl groups excluding tert-OH is 4. The summed E-state index contributed by atoms with van der Waals surface area (Å²) < 4.78 is 113. The van der Waals surface area contributed by atoms with Gasteiger partial charge in [-0.3, -0.25) is 67.1 Å². The summed E-state index contributed by atoms with van der Waals surface area (Å²) in [5, 5.41) is 70.0. The number of carboxylic acid groups (broad SMARTS) is 4. The molecule has 1 rings (SSSR count). The van der Waals surface area contributed by atoms with Crippen molar-refractivity contribution in [3.8, 4) is 0 Å². The molecule has 0 saturated carbocycles. The number of carboxylic acids is 4. The van der Waals surface area contributed by atoms with Crippen molar-refractivity contribution in [3.05, 3.63) is 0 Å². The highest BCUT2D eigenvalue weighted by Crippen LogP contribution is 2.25. The zero-order valence-corrected chi connectivity index (χ0v) is 76.3. The number of hydrogen-bond acceptors (Lipinski definition) is 47. The molecule has 51 heteroatoms. The van der Waals surface area contributed by atoms with E-state index in [1.54, 1.807) is 0 Å². The van der Waals surface area contributed by atoms with Crippen molar-refractivity contribution in [3.63, 3.8) is 0 Å². The van der Waals surface area contributed by atoms with E-state index in [0.29, 0.717) is 44.9 Å². The highest BCUT2D eigenvalue weighted by molar-refractivity contribution is 5.88. The maximum absolute atomic E-state index is 11.9. The van der Waals surface area contributed by atoms with Crippen LogP contribution in [0.2, 0.25) is 0 Å². The molecule has 1 saturated heterocycles. The van der Waals surface area contributed by atoms with Crippen LogP contribution in [0.3, 0.4) is 0 Å². The Morgan fingerprint density at radius 1 is 0.244 bits per heavy atom. The van der Waals surface area contributed by atoms with Crippen LogP contribution < -0.4 is 0 Å². The van der Waals surface area contributed by atoms with Gasteiger partial charge >= 0.3 is 83.6 Å². The smallest absolute Gasteiger partial charge is 0.313 e. The van der Waals surface area contributed by atoms with Gasteiger partial charge in [0.1, 0.15) is 52.9 Å². The van der Waals surface area contributed by atoms with Gasteiger partial charge in [0.25, 0.3) is 0 Å². The lowest BCUT2D eigenvalue weighted by molar-refractivity contribution is -0.163. The van der Waals surface area contributed by atoms with E-state index in [2.05, 4.69) is 24.7 Å². The molecule has 1 heterocycles. The summed E-state index contributed by atoms with van der Waals surface area (Å²) in [6.07, 6.45) is 7.81. The van der Waals surface area contributed by atoms with Crippen molar-refractivity contribution < 1.29 is 227 Å². The van der Waals surface area contributed by atoms with Crippen LogP contribution in [0.5, 0.6) is 0 Å². The summed E-state index contributed by atoms with van der Waals surface area (Å²) in [5.74, 6) is -9.37. The predicted octanol–water partition coefficient (Wildman–Crippen LogP) is 0.156. The fourth-order valence-electron chi connectivity index (χ4n) is 10.3. The molecule has 0 aromatic rings. The third-order valence-corrected chi connectivity index (χ3v) is 16.7. The number of isocyanates is 4. The highest BCUT2D eigenvalue weighted by Gasteiger charge is 2.36. The van der Waals surface area contributed by atoms with Gasteiger partial charge < -0.3 is 140 Å². The molecule has 1 aliphatic heterocycles. The molecule has 0 spiro atoms. The van der Waals surface area contributed by atoms with Gasteiger partial charge in [-0.1, -0.05) is 0 Å². The monoisotopic (exact) mass is 1950 g/mol. The van der Waals surface area contributed by atoms with E-state index < -0.39 is 87.9 Å². The largest absolute Gasteiger partial charge is 0.481 e. The number of cyclic esters (lactones) is 2. The summed E-state index contributed by atoms with van der Waals surface area (Å²) in [6, 6.07) is 0. The standard InChI is InChI=1S/C33H48N4O16.C33H52O20.C13H28O8.C5H6O3/c38-25-34-9-1-5-29(42)50-17-13-46-21-33(22-47-14-18-51-30(43)6-2-10-35-26-39,23-48-15-19-52-31(44)7-3-11-36-27-40)24-49-16-20-53-32(45)8-4-12-37-28-41;34-25(35)5-1-9-29(42)50-17-13-46-21-33(22-47-14-18-51-30(43)10-2-6-26(36)37,23-48-15-19-52-31(44)11-3-7-27(38)39)24-49-16-20-53-32(45)12-4-8-28(40)41;14-1-5-18-9-13(10-19-6-2-15,11-20-7-3-16)12-21-8-4-17;6-4-2-1-3-5(7)8-4/h1-24H2;1-24H2,(H,34,35)(H,36,37)(H,38,39)(H,40,41);14-17H,1-12H2;1-3H2. The molecular formula is C84H134N4O47. The number of esters is 10. The van der Waals surface area contributed by atoms with E-state index in [4.69, 9.17) is 136 Å². The van der Waals surface area contributed by atoms with Gasteiger partial charge in [0.2, 0.25) is 24.3 Å². The number of aliphatic carboxylic acids is 4. The summed E-state index contributed by atoms with van der Waals surface area (Å²) >= 11 is 0. The molecule has 0 unspecified atom stereocenters. The van der Waals surface area contributed by atoms with Gasteiger partial charge in [0.15, 0.2) is 0 Å². The highest BCUT2D eigenvalue weighted by atomic mass is 16.6. The van der Waals surface area contributed by atoms with Crippen molar-refractivity contribution in [1.29, 1.82) is 0 Å². The van der Waals surface area contributed by atoms with Crippen LogP contribution >= 0.6 is 0 Å². The number of ether oxygens (including phenoxy) is 21. The van der Waals surface area contributed by atoms with Gasteiger partial charge in [-0.05, 0) is 57.8 Å². The van der Waals surface area contributed by atoms with Crippen LogP contribution in [0.4, 0.5) is 0 Å². The fraction of sp³-hybridized carbons (Fsp3) is 0.786. The fourth-order valence-corrected chi connectivity index (χ4v) is 10.3. The van der Waals surface area contributed by atoms with Crippen LogP contribution in [0, 0.1) is 16.2 Å². The van der Waals surface area contributed by atoms with Crippen molar-refractivity contribution in [2.75, 3.05) is 264 Å². The number of aliphatic imine (C=N–C) groups is 4. The van der Waals surface area contributed by atoms with E-state index in [1.165, 1.54) is 24.3 Å². The Bertz CT molecular complexity index is 2890. The van der Waals surface area contributed by atoms with Crippen LogP contribution in [0.15, 0.2) is 20.0 Å². The first kappa shape index (κ1) is 129. The Labute approximate surface area is 779 Å². The Hall–Kier alpha value is -10.3. The Morgan fingerprint density at radius 2 is 0.400 bits per heavy atom. The molecule has 0 amide bonds. The first-order valence-electron chi connectivity index (χ1n) is 43.5. The lowest BCUT2D eigenvalue weighted by atomic mass is 9.92. The van der Waals surface area contributed by atoms with Crippen molar-refractivity contribution >= 4 is 108 Å². The van der Waals surface area contributed by atoms with Gasteiger partial charge in [-0.15, -0.1) is 0 Å². The molecule has 135 heavy (non-hydrogen) atoms. The van der Waals surface area contributed by atoms with Crippen molar-refractivity contribution in [1.82, 2.24) is 0 Å². The molecule has 51 nitrogen and oxygen atoms in total. The topological polar surface area (TPSA) is 712 Å². The molecule has 0 aromatic carbocycles. The Morgan fingerprint density at radius 3 is 0.533 bits per heavy atom. The lowest BCUT2D eigenvalue weighted by Crippen LogP contribution is -2.43. The summed E-state index contributed by atoms with van der Waals surface area (Å²) in [6.45, 7) is -0.00238. The average molecular weight is 1950 g/mol. The SMILES string of the molecule is O=C(O)CCCC(=O)OCCOCC(COCCOC(=O)CCCC(=O)O)(COCCOC(=O)CCCC(=O)O)COCCOC(=O)CCCC(=O)O.O=C1CCCC(=O)O1.O=C=NCCCC(=O)OCCOCC(COCCOC(=O)CCCN=C=O)(COCCOC(=O)CCCN=C=O)COCCOC(=O)CCCN=C=O.OCCOCC(COCCO)(COCCO)COCCO. The summed E-state index contributed by atoms with van der Waals surface area (Å²) in [7, 11) is 0. The van der Waals surface area contributed by atoms with Gasteiger partial charge in [-0.2, -0.15) is 0 Å². The average Bonchev–Trinajstić information content (AvgIpc) is 0.876. The molecule has 8 N–H and O–H groups in total. The van der Waals surface area contributed by atoms with Gasteiger partial charge in [0.05, 0.1) is 227 Å². The maximum atomic E-state index is 11.9. The molecule has 0 radical (unpaired) electrons. The summed E-state index contributed by atoms with van der Waals surface area (Å²) in [4.78, 5) is 212. The Kier molecular flexibility index (Phi) is 88.4. The predicted molar refractivity (Wildman–Crippen MR) is 453 cm³/mol. The maximum Gasteiger partial charge on any atom is 0.313 e. The van der Waals surface area contributed by atoms with E-state index in [1.807, 2.05) is 0 Å². The first-order valence-corrected chi connectivity index (χ1v) is 43.5. The summed E-state index contributed by atoms with van der Waals surface area (Å²) in [5.41, 5.74) is -2.73. The Balaban J connectivity index is -0.00000199. The third kappa shape index (κ3) is 88.7. The quantitative estimate of drug-likeness (QED) is 0.0100. The molecule has 0 aliphatic carbocycles. The normalized spacial score (nSPS) is 11.9. The van der Waals surface area contributed by atoms with E-state index in [0.717, 1.165) is 0 Å². The zero-order chi connectivity index (χ0) is 101. The van der Waals surface area contributed by atoms with Gasteiger partial charge in [-0.25, -0.2) is 39.1 Å². The van der Waals surface area contributed by atoms with E-state index >= 15 is 0 Å². The van der Waals surface area contributed by atoms with Gasteiger partial charge in [0, 0.05) is 89.9 Å². The molecule has 1 aliphatic rings. The third-order valence-electron chi connectivity index (χ3n) is 16.7. The second kappa shape index (κ2) is 92.7. The number of rotatable bonds is 88.